The number of allylic oxidation sites excluding steroid dienone is 4. The number of rotatable bonds is 35. The maximum atomic E-state index is 12.7. The molecule has 0 saturated heterocycles. The molecule has 0 radical (unpaired) electrons. The van der Waals surface area contributed by atoms with E-state index in [4.69, 9.17) is 14.9 Å². The fourth-order valence-corrected chi connectivity index (χ4v) is 5.51. The lowest BCUT2D eigenvalue weighted by Gasteiger charge is -2.20. The van der Waals surface area contributed by atoms with Crippen molar-refractivity contribution in [2.24, 2.45) is 0 Å². The molecular weight excluding hydrogens is 604 g/mol. The van der Waals surface area contributed by atoms with Gasteiger partial charge in [0, 0.05) is 12.8 Å². The van der Waals surface area contributed by atoms with Gasteiger partial charge in [0.2, 0.25) is 0 Å². The number of hydrogen-bond acceptors (Lipinski definition) is 7. The van der Waals surface area contributed by atoms with E-state index in [0.29, 0.717) is 6.42 Å². The maximum absolute atomic E-state index is 12.7. The minimum atomic E-state index is -1.36. The molecule has 7 nitrogen and oxygen atoms in total. The highest BCUT2D eigenvalue weighted by Gasteiger charge is 2.29. The van der Waals surface area contributed by atoms with E-state index in [-0.39, 0.29) is 31.8 Å². The van der Waals surface area contributed by atoms with Crippen LogP contribution in [0.2, 0.25) is 0 Å². The summed E-state index contributed by atoms with van der Waals surface area (Å²) in [6.07, 6.45) is 38.0. The van der Waals surface area contributed by atoms with Gasteiger partial charge in [-0.3, -0.25) is 9.59 Å². The molecule has 4 N–H and O–H groups in total. The molecule has 0 amide bonds. The third kappa shape index (κ3) is 37.3. The molecule has 0 saturated carbocycles. The van der Waals surface area contributed by atoms with E-state index in [1.165, 1.54) is 103 Å². The van der Waals surface area contributed by atoms with Gasteiger partial charge in [-0.1, -0.05) is 141 Å². The van der Waals surface area contributed by atoms with Crippen LogP contribution in [0.4, 0.5) is 0 Å². The predicted octanol–water partition coefficient (Wildman–Crippen LogP) is 9.87. The predicted molar refractivity (Wildman–Crippen MR) is 201 cm³/mol. The highest BCUT2D eigenvalue weighted by atomic mass is 16.6. The Bertz CT molecular complexity index is 720. The fraction of sp³-hybridized carbons (Fsp3) is 0.854. The molecule has 0 aliphatic rings. The van der Waals surface area contributed by atoms with Gasteiger partial charge in [-0.05, 0) is 64.2 Å². The number of carbonyl (C=O) groups excluding carboxylic acids is 2. The first kappa shape index (κ1) is 48.6. The highest BCUT2D eigenvalue weighted by Crippen LogP contribution is 2.15. The molecule has 0 aliphatic heterocycles. The lowest BCUT2D eigenvalue weighted by molar-refractivity contribution is -0.163. The average Bonchev–Trinajstić information content (AvgIpc) is 3.10. The number of aliphatic hydroxyl groups is 4. The van der Waals surface area contributed by atoms with Crippen LogP contribution in [0.25, 0.3) is 0 Å². The summed E-state index contributed by atoms with van der Waals surface area (Å²) < 4.78 is 5.34. The van der Waals surface area contributed by atoms with E-state index in [0.717, 1.165) is 57.8 Å². The first-order chi connectivity index (χ1) is 23.5. The minimum absolute atomic E-state index is 0.125. The third-order valence-corrected chi connectivity index (χ3v) is 8.54. The quantitative estimate of drug-likeness (QED) is 0.0298. The lowest BCUT2D eigenvalue weighted by atomic mass is 10.0. The van der Waals surface area contributed by atoms with E-state index in [1.54, 1.807) is 0 Å². The summed E-state index contributed by atoms with van der Waals surface area (Å²) in [5.41, 5.74) is 0. The van der Waals surface area contributed by atoms with Gasteiger partial charge in [0.25, 0.3) is 0 Å². The van der Waals surface area contributed by atoms with E-state index in [1.807, 2.05) is 0 Å². The Morgan fingerprint density at radius 3 is 1.19 bits per heavy atom. The summed E-state index contributed by atoms with van der Waals surface area (Å²) in [6.45, 7) is 3.66. The molecule has 0 aromatic rings. The van der Waals surface area contributed by atoms with Gasteiger partial charge in [0.1, 0.15) is 6.10 Å². The zero-order valence-corrected chi connectivity index (χ0v) is 31.4. The number of ketones is 1. The second-order valence-corrected chi connectivity index (χ2v) is 13.2. The summed E-state index contributed by atoms with van der Waals surface area (Å²) in [5, 5.41) is 34.7. The van der Waals surface area contributed by atoms with Crippen molar-refractivity contribution in [3.05, 3.63) is 24.3 Å². The van der Waals surface area contributed by atoms with Crippen molar-refractivity contribution in [1.29, 1.82) is 0 Å². The SMILES string of the molecule is CCCCCCCC/C=C\CCCCCCCC(=O)OC(C(=O)CCCCCCC/C=C\CCCCCCCC)C(O)CO.OCCO. The molecule has 0 aromatic carbocycles. The number of unbranched alkanes of at least 4 members (excludes halogenated alkanes) is 22. The number of aliphatic hydroxyl groups excluding tert-OH is 4. The van der Waals surface area contributed by atoms with E-state index in [9.17, 15) is 19.8 Å². The van der Waals surface area contributed by atoms with Crippen molar-refractivity contribution in [1.82, 2.24) is 0 Å². The number of ether oxygens (including phenoxy) is 1. The zero-order valence-electron chi connectivity index (χ0n) is 31.4. The van der Waals surface area contributed by atoms with Gasteiger partial charge in [0.05, 0.1) is 19.8 Å². The Morgan fingerprint density at radius 1 is 0.500 bits per heavy atom. The molecule has 0 heterocycles. The Kier molecular flexibility index (Phi) is 42.1. The van der Waals surface area contributed by atoms with Crippen LogP contribution in [-0.4, -0.2) is 64.2 Å². The van der Waals surface area contributed by atoms with E-state index >= 15 is 0 Å². The van der Waals surface area contributed by atoms with Crippen LogP contribution in [0.1, 0.15) is 194 Å². The number of hydrogen-bond donors (Lipinski definition) is 4. The standard InChI is InChI=1S/C39H72O5.C2H6O2/c1-3-5-7-9-11-13-15-17-19-21-23-25-27-29-31-33-36(41)39(37(42)35-40)44-38(43)34-32-30-28-26-24-22-20-18-16-14-12-10-8-6-4-2;3-1-2-4/h17-20,37,39-40,42H,3-16,21-35H2,1-2H3;3-4H,1-2H2/b19-17-,20-18-;. The van der Waals surface area contributed by atoms with Crippen molar-refractivity contribution in [2.45, 2.75) is 206 Å². The van der Waals surface area contributed by atoms with Crippen LogP contribution < -0.4 is 0 Å². The number of Topliss-reactive ketones (excluding diaryl/α,β-unsaturated/α-hetero) is 1. The molecule has 0 aliphatic carbocycles. The van der Waals surface area contributed by atoms with Gasteiger partial charge in [-0.2, -0.15) is 0 Å². The van der Waals surface area contributed by atoms with Crippen LogP contribution in [0.5, 0.6) is 0 Å². The molecule has 0 aromatic heterocycles. The Hall–Kier alpha value is -1.54. The van der Waals surface area contributed by atoms with Crippen molar-refractivity contribution in [3.8, 4) is 0 Å². The molecule has 48 heavy (non-hydrogen) atoms. The number of esters is 1. The fourth-order valence-electron chi connectivity index (χ4n) is 5.51. The monoisotopic (exact) mass is 683 g/mol. The van der Waals surface area contributed by atoms with Crippen LogP contribution in [0.3, 0.4) is 0 Å². The van der Waals surface area contributed by atoms with Crippen molar-refractivity contribution in [3.63, 3.8) is 0 Å². The highest BCUT2D eigenvalue weighted by molar-refractivity contribution is 5.86. The zero-order chi connectivity index (χ0) is 35.8. The summed E-state index contributed by atoms with van der Waals surface area (Å²) in [4.78, 5) is 25.0. The number of carbonyl (C=O) groups is 2. The summed E-state index contributed by atoms with van der Waals surface area (Å²) >= 11 is 0. The normalized spacial score (nSPS) is 12.7. The van der Waals surface area contributed by atoms with E-state index in [2.05, 4.69) is 38.2 Å². The van der Waals surface area contributed by atoms with Crippen LogP contribution in [0, 0.1) is 0 Å². The minimum Gasteiger partial charge on any atom is -0.451 e. The van der Waals surface area contributed by atoms with Crippen molar-refractivity contribution < 1.29 is 34.8 Å². The molecule has 0 fully saturated rings. The Balaban J connectivity index is 0. The molecule has 284 valence electrons. The lowest BCUT2D eigenvalue weighted by Crippen LogP contribution is -2.40. The molecule has 0 spiro atoms. The van der Waals surface area contributed by atoms with Gasteiger partial charge in [-0.15, -0.1) is 0 Å². The molecular formula is C41H78O7. The summed E-state index contributed by atoms with van der Waals surface area (Å²) in [7, 11) is 0. The van der Waals surface area contributed by atoms with Crippen LogP contribution in [0.15, 0.2) is 24.3 Å². The Morgan fingerprint density at radius 2 is 0.833 bits per heavy atom. The Labute approximate surface area is 296 Å². The first-order valence-electron chi connectivity index (χ1n) is 20.0. The summed E-state index contributed by atoms with van der Waals surface area (Å²) in [5.74, 6) is -0.750. The second-order valence-electron chi connectivity index (χ2n) is 13.2. The third-order valence-electron chi connectivity index (χ3n) is 8.54. The largest absolute Gasteiger partial charge is 0.451 e. The van der Waals surface area contributed by atoms with Crippen molar-refractivity contribution in [2.75, 3.05) is 19.8 Å². The molecule has 7 heteroatoms. The summed E-state index contributed by atoms with van der Waals surface area (Å²) in [6, 6.07) is 0. The molecule has 2 unspecified atom stereocenters. The van der Waals surface area contributed by atoms with Crippen LogP contribution >= 0.6 is 0 Å². The van der Waals surface area contributed by atoms with Gasteiger partial charge in [-0.25, -0.2) is 0 Å². The molecule has 2 atom stereocenters. The average molecular weight is 683 g/mol. The van der Waals surface area contributed by atoms with Gasteiger partial charge in [0.15, 0.2) is 11.9 Å². The molecule has 0 rings (SSSR count). The van der Waals surface area contributed by atoms with E-state index < -0.39 is 24.8 Å². The second kappa shape index (κ2) is 41.6. The maximum Gasteiger partial charge on any atom is 0.306 e. The molecule has 0 bridgehead atoms. The van der Waals surface area contributed by atoms with Crippen LogP contribution in [-0.2, 0) is 14.3 Å². The topological polar surface area (TPSA) is 124 Å². The van der Waals surface area contributed by atoms with Crippen molar-refractivity contribution >= 4 is 11.8 Å². The van der Waals surface area contributed by atoms with Gasteiger partial charge >= 0.3 is 5.97 Å². The smallest absolute Gasteiger partial charge is 0.306 e. The van der Waals surface area contributed by atoms with Gasteiger partial charge < -0.3 is 25.2 Å². The first-order valence-corrected chi connectivity index (χ1v) is 20.0.